The SMILES string of the molecule is C[C@H](NC(=O)C[C@H](CCC(=O)N(C(C)(C)C)C(C)(C)C)OC(N)=O)C(=O)NCc1cccc2ccccc12. The maximum atomic E-state index is 13.1. The van der Waals surface area contributed by atoms with Crippen LogP contribution in [0.15, 0.2) is 42.5 Å². The van der Waals surface area contributed by atoms with Gasteiger partial charge in [0.15, 0.2) is 0 Å². The molecule has 38 heavy (non-hydrogen) atoms. The second-order valence-electron chi connectivity index (χ2n) is 11.5. The summed E-state index contributed by atoms with van der Waals surface area (Å²) >= 11 is 0. The van der Waals surface area contributed by atoms with Crippen LogP contribution in [0, 0.1) is 0 Å². The van der Waals surface area contributed by atoms with Crippen LogP contribution in [0.4, 0.5) is 4.79 Å². The number of carbonyl (C=O) groups excluding carboxylic acids is 4. The normalized spacial score (nSPS) is 13.3. The summed E-state index contributed by atoms with van der Waals surface area (Å²) in [6.07, 6.45) is -1.95. The van der Waals surface area contributed by atoms with Crippen LogP contribution >= 0.6 is 0 Å². The van der Waals surface area contributed by atoms with Gasteiger partial charge in [-0.15, -0.1) is 0 Å². The van der Waals surface area contributed by atoms with E-state index >= 15 is 0 Å². The number of benzene rings is 2. The number of fused-ring (bicyclic) bond motifs is 1. The lowest BCUT2D eigenvalue weighted by atomic mass is 9.94. The number of amides is 4. The second-order valence-corrected chi connectivity index (χ2v) is 11.5. The van der Waals surface area contributed by atoms with Gasteiger partial charge in [-0.25, -0.2) is 4.79 Å². The highest BCUT2D eigenvalue weighted by molar-refractivity contribution is 5.89. The molecule has 4 amide bonds. The Morgan fingerprint density at radius 1 is 0.947 bits per heavy atom. The van der Waals surface area contributed by atoms with E-state index in [0.29, 0.717) is 6.54 Å². The Bertz CT molecular complexity index is 1130. The first-order valence-electron chi connectivity index (χ1n) is 12.9. The van der Waals surface area contributed by atoms with E-state index in [4.69, 9.17) is 10.5 Å². The van der Waals surface area contributed by atoms with Crippen molar-refractivity contribution >= 4 is 34.6 Å². The standard InChI is InChI=1S/C29H42N4O5/c1-19(26(36)31-18-21-13-10-12-20-11-8-9-14-23(20)21)32-24(34)17-22(38-27(30)37)15-16-25(35)33(28(2,3)4)29(5,6)7/h8-14,19,22H,15-18H2,1-7H3,(H2,30,37)(H,31,36)(H,32,34)/t19-,22-/m0/s1. The highest BCUT2D eigenvalue weighted by Crippen LogP contribution is 2.26. The minimum absolute atomic E-state index is 0.0703. The van der Waals surface area contributed by atoms with E-state index in [1.165, 1.54) is 0 Å². The lowest BCUT2D eigenvalue weighted by Crippen LogP contribution is -2.55. The van der Waals surface area contributed by atoms with Crippen LogP contribution in [0.5, 0.6) is 0 Å². The number of nitrogens with two attached hydrogens (primary N) is 1. The first kappa shape index (κ1) is 30.6. The number of carbonyl (C=O) groups is 4. The molecule has 0 aliphatic heterocycles. The molecule has 0 radical (unpaired) electrons. The molecule has 2 atom stereocenters. The fraction of sp³-hybridized carbons (Fsp3) is 0.517. The predicted octanol–water partition coefficient (Wildman–Crippen LogP) is 4.02. The predicted molar refractivity (Wildman–Crippen MR) is 148 cm³/mol. The smallest absolute Gasteiger partial charge is 0.404 e. The van der Waals surface area contributed by atoms with E-state index in [-0.39, 0.29) is 31.1 Å². The minimum Gasteiger partial charge on any atom is -0.446 e. The molecule has 0 aromatic heterocycles. The fourth-order valence-corrected chi connectivity index (χ4v) is 4.87. The summed E-state index contributed by atoms with van der Waals surface area (Å²) in [6, 6.07) is 13.0. The van der Waals surface area contributed by atoms with Crippen LogP contribution in [0.3, 0.4) is 0 Å². The third-order valence-electron chi connectivity index (χ3n) is 6.07. The second kappa shape index (κ2) is 12.8. The summed E-state index contributed by atoms with van der Waals surface area (Å²) in [5.41, 5.74) is 5.34. The molecule has 2 aromatic carbocycles. The van der Waals surface area contributed by atoms with Crippen LogP contribution in [0.1, 0.15) is 73.3 Å². The van der Waals surface area contributed by atoms with Gasteiger partial charge in [0.25, 0.3) is 0 Å². The Morgan fingerprint density at radius 2 is 1.55 bits per heavy atom. The van der Waals surface area contributed by atoms with Gasteiger partial charge in [0, 0.05) is 24.0 Å². The molecule has 9 heteroatoms. The first-order valence-corrected chi connectivity index (χ1v) is 12.9. The number of hydrogen-bond acceptors (Lipinski definition) is 5. The summed E-state index contributed by atoms with van der Waals surface area (Å²) in [7, 11) is 0. The first-order chi connectivity index (χ1) is 17.6. The van der Waals surface area contributed by atoms with Crippen molar-refractivity contribution in [1.82, 2.24) is 15.5 Å². The van der Waals surface area contributed by atoms with Crippen molar-refractivity contribution in [2.24, 2.45) is 5.73 Å². The molecule has 0 unspecified atom stereocenters. The van der Waals surface area contributed by atoms with E-state index in [0.717, 1.165) is 16.3 Å². The van der Waals surface area contributed by atoms with E-state index < -0.39 is 35.2 Å². The molecule has 2 aromatic rings. The van der Waals surface area contributed by atoms with E-state index in [2.05, 4.69) is 10.6 Å². The van der Waals surface area contributed by atoms with Crippen molar-refractivity contribution in [3.8, 4) is 0 Å². The molecule has 0 heterocycles. The quantitative estimate of drug-likeness (QED) is 0.430. The number of primary amides is 1. The highest BCUT2D eigenvalue weighted by Gasteiger charge is 2.35. The van der Waals surface area contributed by atoms with Gasteiger partial charge in [-0.05, 0) is 71.2 Å². The van der Waals surface area contributed by atoms with E-state index in [1.54, 1.807) is 11.8 Å². The Morgan fingerprint density at radius 3 is 2.16 bits per heavy atom. The molecular weight excluding hydrogens is 484 g/mol. The van der Waals surface area contributed by atoms with Crippen LogP contribution in [-0.4, -0.2) is 51.9 Å². The monoisotopic (exact) mass is 526 g/mol. The molecule has 0 aliphatic rings. The van der Waals surface area contributed by atoms with Crippen molar-refractivity contribution in [1.29, 1.82) is 0 Å². The molecule has 0 bridgehead atoms. The summed E-state index contributed by atoms with van der Waals surface area (Å²) in [6.45, 7) is 13.6. The zero-order valence-corrected chi connectivity index (χ0v) is 23.6. The molecule has 2 rings (SSSR count). The van der Waals surface area contributed by atoms with E-state index in [1.807, 2.05) is 84.0 Å². The molecule has 0 saturated carbocycles. The van der Waals surface area contributed by atoms with Crippen molar-refractivity contribution in [2.45, 2.75) is 97.5 Å². The zero-order valence-electron chi connectivity index (χ0n) is 23.6. The number of nitrogens with one attached hydrogen (secondary N) is 2. The number of nitrogens with zero attached hydrogens (tertiary/aromatic N) is 1. The average Bonchev–Trinajstić information content (AvgIpc) is 2.78. The number of ether oxygens (including phenoxy) is 1. The maximum absolute atomic E-state index is 13.1. The van der Waals surface area contributed by atoms with E-state index in [9.17, 15) is 19.2 Å². The van der Waals surface area contributed by atoms with Crippen molar-refractivity contribution in [2.75, 3.05) is 0 Å². The molecule has 4 N–H and O–H groups in total. The minimum atomic E-state index is -1.03. The van der Waals surface area contributed by atoms with Crippen LogP contribution < -0.4 is 16.4 Å². The number of hydrogen-bond donors (Lipinski definition) is 3. The van der Waals surface area contributed by atoms with Crippen LogP contribution in [0.2, 0.25) is 0 Å². The van der Waals surface area contributed by atoms with Gasteiger partial charge in [-0.1, -0.05) is 42.5 Å². The van der Waals surface area contributed by atoms with Gasteiger partial charge < -0.3 is 26.0 Å². The Labute approximate surface area is 225 Å². The summed E-state index contributed by atoms with van der Waals surface area (Å²) in [5.74, 6) is -0.954. The topological polar surface area (TPSA) is 131 Å². The van der Waals surface area contributed by atoms with Gasteiger partial charge in [0.2, 0.25) is 17.7 Å². The molecule has 9 nitrogen and oxygen atoms in total. The summed E-state index contributed by atoms with van der Waals surface area (Å²) < 4.78 is 5.12. The van der Waals surface area contributed by atoms with Gasteiger partial charge >= 0.3 is 6.09 Å². The summed E-state index contributed by atoms with van der Waals surface area (Å²) in [5, 5.41) is 7.61. The number of rotatable bonds is 10. The third kappa shape index (κ3) is 9.04. The van der Waals surface area contributed by atoms with Gasteiger partial charge in [0.05, 0.1) is 6.42 Å². The van der Waals surface area contributed by atoms with Crippen LogP contribution in [0.25, 0.3) is 10.8 Å². The highest BCUT2D eigenvalue weighted by atomic mass is 16.6. The average molecular weight is 527 g/mol. The Kier molecular flexibility index (Phi) is 10.3. The molecule has 0 fully saturated rings. The molecule has 0 spiro atoms. The van der Waals surface area contributed by atoms with Crippen molar-refractivity contribution < 1.29 is 23.9 Å². The third-order valence-corrected chi connectivity index (χ3v) is 6.07. The lowest BCUT2D eigenvalue weighted by molar-refractivity contribution is -0.143. The largest absolute Gasteiger partial charge is 0.446 e. The summed E-state index contributed by atoms with van der Waals surface area (Å²) in [4.78, 5) is 51.6. The Balaban J connectivity index is 1.95. The molecular formula is C29H42N4O5. The van der Waals surface area contributed by atoms with Crippen LogP contribution in [-0.2, 0) is 25.7 Å². The molecule has 0 aliphatic carbocycles. The molecule has 208 valence electrons. The van der Waals surface area contributed by atoms with Gasteiger partial charge in [-0.3, -0.25) is 14.4 Å². The molecule has 0 saturated heterocycles. The van der Waals surface area contributed by atoms with Crippen molar-refractivity contribution in [3.05, 3.63) is 48.0 Å². The van der Waals surface area contributed by atoms with Gasteiger partial charge in [-0.2, -0.15) is 0 Å². The maximum Gasteiger partial charge on any atom is 0.404 e. The zero-order chi connectivity index (χ0) is 28.7. The Hall–Kier alpha value is -3.62. The lowest BCUT2D eigenvalue weighted by Gasteiger charge is -2.45. The van der Waals surface area contributed by atoms with Crippen molar-refractivity contribution in [3.63, 3.8) is 0 Å². The fourth-order valence-electron chi connectivity index (χ4n) is 4.87. The van der Waals surface area contributed by atoms with Gasteiger partial charge in [0.1, 0.15) is 12.1 Å².